The maximum absolute atomic E-state index is 5.53. The number of hydrogen-bond donors (Lipinski definition) is 1. The molecule has 1 heterocycles. The van der Waals surface area contributed by atoms with E-state index in [1.54, 1.807) is 0 Å². The van der Waals surface area contributed by atoms with Crippen LogP contribution in [0.4, 0.5) is 5.69 Å². The topological polar surface area (TPSA) is 33.1 Å². The summed E-state index contributed by atoms with van der Waals surface area (Å²) < 4.78 is 2.04. The summed E-state index contributed by atoms with van der Waals surface area (Å²) in [6, 6.07) is 8.16. The van der Waals surface area contributed by atoms with Crippen molar-refractivity contribution in [3.8, 4) is 0 Å². The first-order chi connectivity index (χ1) is 10.4. The van der Waals surface area contributed by atoms with Crippen molar-refractivity contribution in [1.29, 1.82) is 0 Å². The first-order valence-electron chi connectivity index (χ1n) is 7.54. The maximum atomic E-state index is 5.53. The molecule has 5 heteroatoms. The Morgan fingerprint density at radius 3 is 2.55 bits per heavy atom. The first kappa shape index (κ1) is 16.5. The Morgan fingerprint density at radius 2 is 1.95 bits per heavy atom. The van der Waals surface area contributed by atoms with Gasteiger partial charge in [0.1, 0.15) is 0 Å². The summed E-state index contributed by atoms with van der Waals surface area (Å²) in [5, 5.41) is 8.61. The van der Waals surface area contributed by atoms with Crippen LogP contribution in [0.1, 0.15) is 29.4 Å². The second-order valence-electron chi connectivity index (χ2n) is 5.57. The van der Waals surface area contributed by atoms with Gasteiger partial charge in [-0.05, 0) is 51.5 Å². The number of hydrogen-bond acceptors (Lipinski definition) is 2. The van der Waals surface area contributed by atoms with Gasteiger partial charge >= 0.3 is 0 Å². The third-order valence-corrected chi connectivity index (χ3v) is 4.37. The standard InChI is InChI=1S/C17H24N4S/c1-6-21-14(4)15(13(3)19-21)11-20(5)17(22)18-16-10-8-7-9-12(16)2/h7-10H,6,11H2,1-5H3,(H,18,22). The van der Waals surface area contributed by atoms with E-state index in [-0.39, 0.29) is 0 Å². The van der Waals surface area contributed by atoms with Crippen LogP contribution < -0.4 is 5.32 Å². The van der Waals surface area contributed by atoms with Crippen LogP contribution in [0.2, 0.25) is 0 Å². The van der Waals surface area contributed by atoms with Crippen molar-refractivity contribution in [2.75, 3.05) is 12.4 Å². The van der Waals surface area contributed by atoms with Crippen LogP contribution in [0.5, 0.6) is 0 Å². The molecular weight excluding hydrogens is 292 g/mol. The van der Waals surface area contributed by atoms with Gasteiger partial charge in [0.15, 0.2) is 5.11 Å². The van der Waals surface area contributed by atoms with E-state index < -0.39 is 0 Å². The molecule has 2 aromatic rings. The molecule has 1 N–H and O–H groups in total. The van der Waals surface area contributed by atoms with Gasteiger partial charge < -0.3 is 10.2 Å². The van der Waals surface area contributed by atoms with E-state index in [1.165, 1.54) is 16.8 Å². The molecule has 0 spiro atoms. The summed E-state index contributed by atoms with van der Waals surface area (Å²) >= 11 is 5.53. The van der Waals surface area contributed by atoms with Crippen molar-refractivity contribution in [2.45, 2.75) is 40.8 Å². The molecule has 0 bridgehead atoms. The fourth-order valence-corrected chi connectivity index (χ4v) is 2.68. The van der Waals surface area contributed by atoms with E-state index in [0.29, 0.717) is 0 Å². The monoisotopic (exact) mass is 316 g/mol. The number of nitrogens with zero attached hydrogens (tertiary/aromatic N) is 3. The van der Waals surface area contributed by atoms with E-state index in [1.807, 2.05) is 29.9 Å². The lowest BCUT2D eigenvalue weighted by atomic mass is 10.2. The molecule has 0 saturated carbocycles. The van der Waals surface area contributed by atoms with E-state index in [9.17, 15) is 0 Å². The average molecular weight is 316 g/mol. The van der Waals surface area contributed by atoms with Crippen molar-refractivity contribution in [3.05, 3.63) is 46.8 Å². The second kappa shape index (κ2) is 6.92. The maximum Gasteiger partial charge on any atom is 0.173 e. The molecular formula is C17H24N4S. The van der Waals surface area contributed by atoms with Gasteiger partial charge in [-0.3, -0.25) is 4.68 Å². The quantitative estimate of drug-likeness (QED) is 0.873. The fourth-order valence-electron chi connectivity index (χ4n) is 2.50. The van der Waals surface area contributed by atoms with Crippen molar-refractivity contribution < 1.29 is 0 Å². The summed E-state index contributed by atoms with van der Waals surface area (Å²) in [5.74, 6) is 0. The van der Waals surface area contributed by atoms with Gasteiger partial charge in [0.05, 0.1) is 5.69 Å². The lowest BCUT2D eigenvalue weighted by Crippen LogP contribution is -2.31. The molecule has 22 heavy (non-hydrogen) atoms. The Hall–Kier alpha value is -1.88. The van der Waals surface area contributed by atoms with Gasteiger partial charge in [-0.25, -0.2) is 0 Å². The molecule has 0 saturated heterocycles. The number of para-hydroxylation sites is 1. The van der Waals surface area contributed by atoms with Gasteiger partial charge in [0.2, 0.25) is 0 Å². The largest absolute Gasteiger partial charge is 0.348 e. The van der Waals surface area contributed by atoms with Crippen molar-refractivity contribution in [3.63, 3.8) is 0 Å². The molecule has 0 amide bonds. The van der Waals surface area contributed by atoms with Crippen LogP contribution in [-0.2, 0) is 13.1 Å². The van der Waals surface area contributed by atoms with Crippen LogP contribution in [0, 0.1) is 20.8 Å². The lowest BCUT2D eigenvalue weighted by molar-refractivity contribution is 0.504. The minimum Gasteiger partial charge on any atom is -0.348 e. The number of aryl methyl sites for hydroxylation is 3. The predicted molar refractivity (Wildman–Crippen MR) is 96.2 cm³/mol. The smallest absolute Gasteiger partial charge is 0.173 e. The highest BCUT2D eigenvalue weighted by molar-refractivity contribution is 7.80. The van der Waals surface area contributed by atoms with Crippen molar-refractivity contribution >= 4 is 23.0 Å². The molecule has 118 valence electrons. The highest BCUT2D eigenvalue weighted by Gasteiger charge is 2.14. The Labute approximate surface area is 138 Å². The molecule has 0 radical (unpaired) electrons. The van der Waals surface area contributed by atoms with Crippen LogP contribution >= 0.6 is 12.2 Å². The minimum absolute atomic E-state index is 0.720. The molecule has 0 unspecified atom stereocenters. The number of nitrogens with one attached hydrogen (secondary N) is 1. The summed E-state index contributed by atoms with van der Waals surface area (Å²) in [5.41, 5.74) is 5.77. The number of thiocarbonyl (C=S) groups is 1. The fraction of sp³-hybridized carbons (Fsp3) is 0.412. The van der Waals surface area contributed by atoms with Gasteiger partial charge in [-0.2, -0.15) is 5.10 Å². The molecule has 4 nitrogen and oxygen atoms in total. The molecule has 0 aliphatic heterocycles. The zero-order valence-corrected chi connectivity index (χ0v) is 14.8. The van der Waals surface area contributed by atoms with Gasteiger partial charge in [-0.15, -0.1) is 0 Å². The lowest BCUT2D eigenvalue weighted by Gasteiger charge is -2.22. The number of anilines is 1. The summed E-state index contributed by atoms with van der Waals surface area (Å²) in [7, 11) is 2.01. The SMILES string of the molecule is CCn1nc(C)c(CN(C)C(=S)Nc2ccccc2C)c1C. The van der Waals surface area contributed by atoms with Gasteiger partial charge in [0.25, 0.3) is 0 Å². The van der Waals surface area contributed by atoms with Crippen molar-refractivity contribution in [1.82, 2.24) is 14.7 Å². The van der Waals surface area contributed by atoms with E-state index in [4.69, 9.17) is 12.2 Å². The third-order valence-electron chi connectivity index (χ3n) is 3.96. The summed E-state index contributed by atoms with van der Waals surface area (Å²) in [6.07, 6.45) is 0. The number of benzene rings is 1. The normalized spacial score (nSPS) is 10.6. The summed E-state index contributed by atoms with van der Waals surface area (Å²) in [6.45, 7) is 10.0. The van der Waals surface area contributed by atoms with Crippen LogP contribution in [0.15, 0.2) is 24.3 Å². The first-order valence-corrected chi connectivity index (χ1v) is 7.95. The molecule has 2 rings (SSSR count). The molecule has 1 aromatic carbocycles. The highest BCUT2D eigenvalue weighted by Crippen LogP contribution is 2.17. The van der Waals surface area contributed by atoms with E-state index >= 15 is 0 Å². The Morgan fingerprint density at radius 1 is 1.27 bits per heavy atom. The number of aromatic nitrogens is 2. The Bertz CT molecular complexity index is 675. The van der Waals surface area contributed by atoms with Gasteiger partial charge in [0, 0.05) is 37.1 Å². The van der Waals surface area contributed by atoms with Crippen molar-refractivity contribution in [2.24, 2.45) is 0 Å². The molecule has 0 aliphatic carbocycles. The zero-order valence-electron chi connectivity index (χ0n) is 14.0. The second-order valence-corrected chi connectivity index (χ2v) is 5.95. The minimum atomic E-state index is 0.720. The molecule has 0 fully saturated rings. The molecule has 0 aliphatic rings. The Balaban J connectivity index is 2.09. The predicted octanol–water partition coefficient (Wildman–Crippen LogP) is 3.66. The van der Waals surface area contributed by atoms with Crippen LogP contribution in [0.25, 0.3) is 0 Å². The summed E-state index contributed by atoms with van der Waals surface area (Å²) in [4.78, 5) is 2.05. The van der Waals surface area contributed by atoms with Crippen LogP contribution in [0.3, 0.4) is 0 Å². The van der Waals surface area contributed by atoms with E-state index in [0.717, 1.165) is 29.6 Å². The highest BCUT2D eigenvalue weighted by atomic mass is 32.1. The van der Waals surface area contributed by atoms with Gasteiger partial charge in [-0.1, -0.05) is 18.2 Å². The zero-order chi connectivity index (χ0) is 16.3. The van der Waals surface area contributed by atoms with E-state index in [2.05, 4.69) is 49.1 Å². The van der Waals surface area contributed by atoms with Crippen LogP contribution in [-0.4, -0.2) is 26.8 Å². The third kappa shape index (κ3) is 3.47. The molecule has 0 atom stereocenters. The molecule has 1 aromatic heterocycles. The average Bonchev–Trinajstić information content (AvgIpc) is 2.76. The number of rotatable bonds is 4. The Kier molecular flexibility index (Phi) is 5.19.